The summed E-state index contributed by atoms with van der Waals surface area (Å²) in [4.78, 5) is 0. The van der Waals surface area contributed by atoms with Crippen molar-refractivity contribution in [1.82, 2.24) is 0 Å². The summed E-state index contributed by atoms with van der Waals surface area (Å²) in [5.74, 6) is 0.968. The Morgan fingerprint density at radius 2 is 1.48 bits per heavy atom. The summed E-state index contributed by atoms with van der Waals surface area (Å²) in [6.07, 6.45) is 2.04. The SMILES string of the molecule is COCCCCOc1cccc2cc3ccccc3cc12. The molecular formula is C19H20O2. The van der Waals surface area contributed by atoms with Gasteiger partial charge < -0.3 is 9.47 Å². The molecule has 0 amide bonds. The highest BCUT2D eigenvalue weighted by Crippen LogP contribution is 2.30. The summed E-state index contributed by atoms with van der Waals surface area (Å²) in [5, 5.41) is 4.92. The molecule has 0 aromatic heterocycles. The van der Waals surface area contributed by atoms with Crippen molar-refractivity contribution in [3.63, 3.8) is 0 Å². The minimum atomic E-state index is 0.731. The average Bonchev–Trinajstić information content (AvgIpc) is 2.53. The first-order valence-corrected chi connectivity index (χ1v) is 7.42. The molecule has 3 aromatic rings. The Kier molecular flexibility index (Phi) is 4.37. The summed E-state index contributed by atoms with van der Waals surface area (Å²) < 4.78 is 11.0. The Bertz CT molecular complexity index is 734. The first-order valence-electron chi connectivity index (χ1n) is 7.42. The van der Waals surface area contributed by atoms with Crippen LogP contribution in [-0.4, -0.2) is 20.3 Å². The van der Waals surface area contributed by atoms with Crippen molar-refractivity contribution in [2.24, 2.45) is 0 Å². The molecule has 3 rings (SSSR count). The molecule has 3 aromatic carbocycles. The van der Waals surface area contributed by atoms with Crippen LogP contribution in [0.1, 0.15) is 12.8 Å². The lowest BCUT2D eigenvalue weighted by Gasteiger charge is -2.10. The van der Waals surface area contributed by atoms with Gasteiger partial charge in [0.1, 0.15) is 5.75 Å². The second-order valence-electron chi connectivity index (χ2n) is 5.23. The average molecular weight is 280 g/mol. The number of unbranched alkanes of at least 4 members (excludes halogenated alkanes) is 1. The van der Waals surface area contributed by atoms with Gasteiger partial charge in [-0.05, 0) is 47.2 Å². The van der Waals surface area contributed by atoms with Crippen molar-refractivity contribution in [3.05, 3.63) is 54.6 Å². The van der Waals surface area contributed by atoms with Crippen molar-refractivity contribution in [2.45, 2.75) is 12.8 Å². The van der Waals surface area contributed by atoms with E-state index < -0.39 is 0 Å². The van der Waals surface area contributed by atoms with Gasteiger partial charge in [0.05, 0.1) is 6.61 Å². The number of methoxy groups -OCH3 is 1. The molecule has 2 heteroatoms. The minimum Gasteiger partial charge on any atom is -0.493 e. The van der Waals surface area contributed by atoms with Crippen LogP contribution in [0.2, 0.25) is 0 Å². The number of benzene rings is 3. The first-order chi connectivity index (χ1) is 10.4. The Balaban J connectivity index is 1.86. The van der Waals surface area contributed by atoms with E-state index >= 15 is 0 Å². The number of rotatable bonds is 6. The maximum atomic E-state index is 5.96. The van der Waals surface area contributed by atoms with Gasteiger partial charge in [-0.3, -0.25) is 0 Å². The molecule has 108 valence electrons. The molecule has 0 spiro atoms. The van der Waals surface area contributed by atoms with E-state index in [9.17, 15) is 0 Å². The van der Waals surface area contributed by atoms with Crippen LogP contribution in [-0.2, 0) is 4.74 Å². The highest BCUT2D eigenvalue weighted by atomic mass is 16.5. The second kappa shape index (κ2) is 6.59. The van der Waals surface area contributed by atoms with Crippen LogP contribution >= 0.6 is 0 Å². The molecule has 21 heavy (non-hydrogen) atoms. The Hall–Kier alpha value is -2.06. The van der Waals surface area contributed by atoms with Crippen molar-refractivity contribution >= 4 is 21.5 Å². The Morgan fingerprint density at radius 3 is 2.29 bits per heavy atom. The summed E-state index contributed by atoms with van der Waals surface area (Å²) in [6, 6.07) is 19.1. The van der Waals surface area contributed by atoms with E-state index in [2.05, 4.69) is 48.5 Å². The lowest BCUT2D eigenvalue weighted by Crippen LogP contribution is -2.00. The molecule has 0 unspecified atom stereocenters. The fourth-order valence-corrected chi connectivity index (χ4v) is 2.59. The van der Waals surface area contributed by atoms with Gasteiger partial charge in [-0.2, -0.15) is 0 Å². The molecule has 0 aliphatic rings. The predicted octanol–water partition coefficient (Wildman–Crippen LogP) is 4.80. The van der Waals surface area contributed by atoms with Crippen molar-refractivity contribution < 1.29 is 9.47 Å². The van der Waals surface area contributed by atoms with Crippen molar-refractivity contribution in [3.8, 4) is 5.75 Å². The highest BCUT2D eigenvalue weighted by Gasteiger charge is 2.04. The van der Waals surface area contributed by atoms with E-state index in [0.717, 1.165) is 31.8 Å². The third-order valence-corrected chi connectivity index (χ3v) is 3.71. The van der Waals surface area contributed by atoms with Gasteiger partial charge in [0.15, 0.2) is 0 Å². The maximum absolute atomic E-state index is 5.96. The Labute approximate surface area is 125 Å². The largest absolute Gasteiger partial charge is 0.493 e. The van der Waals surface area contributed by atoms with Gasteiger partial charge in [-0.25, -0.2) is 0 Å². The normalized spacial score (nSPS) is 11.1. The van der Waals surface area contributed by atoms with E-state index in [1.165, 1.54) is 21.5 Å². The van der Waals surface area contributed by atoms with Crippen LogP contribution in [0.5, 0.6) is 5.75 Å². The molecule has 0 radical (unpaired) electrons. The quantitative estimate of drug-likeness (QED) is 0.477. The van der Waals surface area contributed by atoms with Crippen molar-refractivity contribution in [2.75, 3.05) is 20.3 Å². The predicted molar refractivity (Wildman–Crippen MR) is 88.1 cm³/mol. The summed E-state index contributed by atoms with van der Waals surface area (Å²) >= 11 is 0. The number of hydrogen-bond donors (Lipinski definition) is 0. The van der Waals surface area contributed by atoms with E-state index in [0.29, 0.717) is 0 Å². The van der Waals surface area contributed by atoms with Gasteiger partial charge in [-0.15, -0.1) is 0 Å². The van der Waals surface area contributed by atoms with Crippen LogP contribution in [0, 0.1) is 0 Å². The van der Waals surface area contributed by atoms with Crippen LogP contribution in [0.3, 0.4) is 0 Å². The van der Waals surface area contributed by atoms with Gasteiger partial charge in [0.25, 0.3) is 0 Å². The van der Waals surface area contributed by atoms with Crippen LogP contribution in [0.25, 0.3) is 21.5 Å². The second-order valence-corrected chi connectivity index (χ2v) is 5.23. The number of ether oxygens (including phenoxy) is 2. The van der Waals surface area contributed by atoms with Crippen LogP contribution in [0.4, 0.5) is 0 Å². The van der Waals surface area contributed by atoms with Gasteiger partial charge in [0.2, 0.25) is 0 Å². The number of hydrogen-bond acceptors (Lipinski definition) is 2. The van der Waals surface area contributed by atoms with Crippen molar-refractivity contribution in [1.29, 1.82) is 0 Å². The molecule has 0 fully saturated rings. The molecule has 0 atom stereocenters. The van der Waals surface area contributed by atoms with Gasteiger partial charge in [-0.1, -0.05) is 36.4 Å². The molecule has 0 aliphatic heterocycles. The van der Waals surface area contributed by atoms with Crippen LogP contribution < -0.4 is 4.74 Å². The topological polar surface area (TPSA) is 18.5 Å². The van der Waals surface area contributed by atoms with E-state index in [1.807, 2.05) is 6.07 Å². The minimum absolute atomic E-state index is 0.731. The molecule has 0 saturated heterocycles. The fourth-order valence-electron chi connectivity index (χ4n) is 2.59. The Morgan fingerprint density at radius 1 is 0.762 bits per heavy atom. The van der Waals surface area contributed by atoms with E-state index in [-0.39, 0.29) is 0 Å². The third kappa shape index (κ3) is 3.17. The molecule has 0 bridgehead atoms. The summed E-state index contributed by atoms with van der Waals surface area (Å²) in [6.45, 7) is 1.53. The molecule has 0 heterocycles. The van der Waals surface area contributed by atoms with E-state index in [4.69, 9.17) is 9.47 Å². The monoisotopic (exact) mass is 280 g/mol. The maximum Gasteiger partial charge on any atom is 0.127 e. The third-order valence-electron chi connectivity index (χ3n) is 3.71. The highest BCUT2D eigenvalue weighted by molar-refractivity contribution is 6.00. The lowest BCUT2D eigenvalue weighted by atomic mass is 10.0. The zero-order chi connectivity index (χ0) is 14.5. The molecule has 2 nitrogen and oxygen atoms in total. The standard InChI is InChI=1S/C19H20O2/c1-20-11-4-5-12-21-19-10-6-9-17-13-15-7-2-3-8-16(15)14-18(17)19/h2-3,6-10,13-14H,4-5,11-12H2,1H3. The fraction of sp³-hybridized carbons (Fsp3) is 0.263. The molecule has 0 N–H and O–H groups in total. The molecule has 0 saturated carbocycles. The molecule has 0 aliphatic carbocycles. The smallest absolute Gasteiger partial charge is 0.127 e. The molecular weight excluding hydrogens is 260 g/mol. The zero-order valence-electron chi connectivity index (χ0n) is 12.3. The van der Waals surface area contributed by atoms with E-state index in [1.54, 1.807) is 7.11 Å². The summed E-state index contributed by atoms with van der Waals surface area (Å²) in [5.41, 5.74) is 0. The van der Waals surface area contributed by atoms with Gasteiger partial charge >= 0.3 is 0 Å². The summed E-state index contributed by atoms with van der Waals surface area (Å²) in [7, 11) is 1.73. The zero-order valence-corrected chi connectivity index (χ0v) is 12.3. The number of fused-ring (bicyclic) bond motifs is 2. The van der Waals surface area contributed by atoms with Crippen LogP contribution in [0.15, 0.2) is 54.6 Å². The van der Waals surface area contributed by atoms with Gasteiger partial charge in [0, 0.05) is 19.1 Å². The first kappa shape index (κ1) is 13.9. The lowest BCUT2D eigenvalue weighted by molar-refractivity contribution is 0.184.